The van der Waals surface area contributed by atoms with Gasteiger partial charge in [0.15, 0.2) is 18.1 Å². The number of aromatic nitrogens is 1. The summed E-state index contributed by atoms with van der Waals surface area (Å²) in [6.07, 6.45) is 3.06. The maximum absolute atomic E-state index is 14.0. The molecule has 2 aromatic carbocycles. The number of imide groups is 1. The number of aromatic amines is 1. The van der Waals surface area contributed by atoms with Crippen molar-refractivity contribution in [2.75, 3.05) is 31.2 Å². The van der Waals surface area contributed by atoms with Crippen LogP contribution >= 0.6 is 23.1 Å². The van der Waals surface area contributed by atoms with Crippen molar-refractivity contribution in [1.82, 2.24) is 9.88 Å². The van der Waals surface area contributed by atoms with E-state index in [4.69, 9.17) is 9.47 Å². The predicted octanol–water partition coefficient (Wildman–Crippen LogP) is 3.93. The second-order valence-electron chi connectivity index (χ2n) is 10.4. The van der Waals surface area contributed by atoms with Crippen LogP contribution in [-0.2, 0) is 14.4 Å². The number of hydrogen-bond acceptors (Lipinski definition) is 10. The number of nitrogens with zero attached hydrogens (tertiary/aromatic N) is 3. The Balaban J connectivity index is 1.33. The molecule has 3 atom stereocenters. The number of benzene rings is 2. The smallest absolute Gasteiger partial charge is 0.305 e. The van der Waals surface area contributed by atoms with Crippen LogP contribution in [0.1, 0.15) is 42.5 Å². The Hall–Kier alpha value is -4.17. The van der Waals surface area contributed by atoms with Gasteiger partial charge in [-0.2, -0.15) is 0 Å². The summed E-state index contributed by atoms with van der Waals surface area (Å²) in [5.74, 6) is -1.74. The van der Waals surface area contributed by atoms with Gasteiger partial charge in [0.1, 0.15) is 5.25 Å². The van der Waals surface area contributed by atoms with Crippen LogP contribution in [0.25, 0.3) is 0 Å². The minimum Gasteiger partial charge on any atom is -0.490 e. The van der Waals surface area contributed by atoms with E-state index >= 15 is 0 Å². The Labute approximate surface area is 254 Å². The number of nitrogens with one attached hydrogen (secondary N) is 1. The first kappa shape index (κ1) is 28.9. The molecular formula is C29H28N4O8S2. The van der Waals surface area contributed by atoms with Crippen molar-refractivity contribution in [3.05, 3.63) is 72.7 Å². The maximum atomic E-state index is 14.0. The Kier molecular flexibility index (Phi) is 7.97. The Morgan fingerprint density at radius 2 is 1.77 bits per heavy atom. The number of hydrogen-bond donors (Lipinski definition) is 1. The lowest BCUT2D eigenvalue weighted by molar-refractivity contribution is -0.384. The number of rotatable bonds is 8. The van der Waals surface area contributed by atoms with Gasteiger partial charge in [0.05, 0.1) is 28.2 Å². The summed E-state index contributed by atoms with van der Waals surface area (Å²) in [5.41, 5.74) is 0.732. The van der Waals surface area contributed by atoms with Crippen LogP contribution in [0.15, 0.2) is 52.3 Å². The number of H-pyrrole nitrogens is 1. The zero-order valence-electron chi connectivity index (χ0n) is 23.1. The molecule has 3 aliphatic heterocycles. The van der Waals surface area contributed by atoms with Gasteiger partial charge in [-0.3, -0.25) is 29.3 Å². The molecule has 3 aromatic rings. The molecule has 3 amide bonds. The van der Waals surface area contributed by atoms with Crippen molar-refractivity contribution in [3.8, 4) is 11.5 Å². The number of piperidine rings is 1. The monoisotopic (exact) mass is 624 g/mol. The third kappa shape index (κ3) is 5.40. The summed E-state index contributed by atoms with van der Waals surface area (Å²) >= 11 is 2.13. The average molecular weight is 625 g/mol. The summed E-state index contributed by atoms with van der Waals surface area (Å²) < 4.78 is 11.8. The minimum absolute atomic E-state index is 0.0958. The number of amides is 3. The van der Waals surface area contributed by atoms with Gasteiger partial charge in [-0.05, 0) is 56.0 Å². The van der Waals surface area contributed by atoms with Crippen molar-refractivity contribution in [3.63, 3.8) is 0 Å². The molecule has 4 heterocycles. The molecule has 224 valence electrons. The SMILES string of the molecule is CCOc1cc([C@@H]2c3sc(=O)[nH]c3S[C@H]3C(=O)N(c4ccc([N+](=O)[O-])cc4)C(=O)[C@@H]23)ccc1OCC(=O)N1CCCCC1. The van der Waals surface area contributed by atoms with E-state index < -0.39 is 33.8 Å². The number of nitro groups is 1. The molecule has 1 aromatic heterocycles. The van der Waals surface area contributed by atoms with Crippen molar-refractivity contribution < 1.29 is 28.8 Å². The van der Waals surface area contributed by atoms with Gasteiger partial charge in [0, 0.05) is 36.0 Å². The number of likely N-dealkylation sites (tertiary alicyclic amines) is 1. The van der Waals surface area contributed by atoms with Crippen molar-refractivity contribution in [2.24, 2.45) is 5.92 Å². The van der Waals surface area contributed by atoms with Gasteiger partial charge in [-0.15, -0.1) is 0 Å². The van der Waals surface area contributed by atoms with E-state index in [1.54, 1.807) is 23.1 Å². The van der Waals surface area contributed by atoms with Gasteiger partial charge >= 0.3 is 4.87 Å². The van der Waals surface area contributed by atoms with E-state index in [-0.39, 0.29) is 28.8 Å². The van der Waals surface area contributed by atoms with E-state index in [2.05, 4.69) is 4.98 Å². The number of nitro benzene ring substituents is 1. The normalized spacial score (nSPS) is 21.4. The lowest BCUT2D eigenvalue weighted by atomic mass is 9.83. The highest BCUT2D eigenvalue weighted by Gasteiger charge is 2.56. The first-order valence-corrected chi connectivity index (χ1v) is 15.7. The highest BCUT2D eigenvalue weighted by Crippen LogP contribution is 2.53. The van der Waals surface area contributed by atoms with E-state index in [1.165, 1.54) is 24.3 Å². The first-order valence-electron chi connectivity index (χ1n) is 14.0. The van der Waals surface area contributed by atoms with Crippen LogP contribution in [0.5, 0.6) is 11.5 Å². The van der Waals surface area contributed by atoms with Crippen molar-refractivity contribution in [1.29, 1.82) is 0 Å². The molecule has 0 saturated carbocycles. The number of ether oxygens (including phenoxy) is 2. The molecule has 6 rings (SSSR count). The molecule has 14 heteroatoms. The standard InChI is InChI=1S/C29H28N4O8S2/c1-2-40-20-14-16(6-11-19(20)41-15-21(34)31-12-4-3-5-13-31)22-23-25(42-26-24(22)43-29(37)30-26)28(36)32(27(23)35)17-7-9-18(10-8-17)33(38)39/h6-11,14,22-23,25H,2-5,12-13,15H2,1H3,(H,30,37)/t22-,23-,25+/m0/s1. The topological polar surface area (TPSA) is 152 Å². The fraction of sp³-hybridized carbons (Fsp3) is 0.379. The fourth-order valence-electron chi connectivity index (χ4n) is 5.83. The molecule has 0 unspecified atom stereocenters. The van der Waals surface area contributed by atoms with E-state index in [0.717, 1.165) is 47.3 Å². The largest absolute Gasteiger partial charge is 0.490 e. The number of anilines is 1. The van der Waals surface area contributed by atoms with Crippen LogP contribution in [0.4, 0.5) is 11.4 Å². The van der Waals surface area contributed by atoms with Crippen LogP contribution in [-0.4, -0.2) is 64.1 Å². The zero-order valence-corrected chi connectivity index (χ0v) is 24.8. The van der Waals surface area contributed by atoms with Gasteiger partial charge in [0.25, 0.3) is 11.6 Å². The second-order valence-corrected chi connectivity index (χ2v) is 12.6. The van der Waals surface area contributed by atoms with Crippen LogP contribution in [0.3, 0.4) is 0 Å². The van der Waals surface area contributed by atoms with E-state index in [0.29, 0.717) is 46.7 Å². The Morgan fingerprint density at radius 1 is 1.02 bits per heavy atom. The van der Waals surface area contributed by atoms with Gasteiger partial charge in [-0.1, -0.05) is 29.2 Å². The van der Waals surface area contributed by atoms with Crippen molar-refractivity contribution >= 4 is 52.2 Å². The van der Waals surface area contributed by atoms with Crippen LogP contribution in [0.2, 0.25) is 0 Å². The minimum atomic E-state index is -0.839. The average Bonchev–Trinajstić information content (AvgIpc) is 3.50. The number of fused-ring (bicyclic) bond motifs is 2. The molecule has 0 radical (unpaired) electrons. The lowest BCUT2D eigenvalue weighted by Crippen LogP contribution is -2.38. The zero-order chi connectivity index (χ0) is 30.2. The molecule has 2 saturated heterocycles. The summed E-state index contributed by atoms with van der Waals surface area (Å²) in [7, 11) is 0. The van der Waals surface area contributed by atoms with Crippen molar-refractivity contribution in [2.45, 2.75) is 42.4 Å². The summed E-state index contributed by atoms with van der Waals surface area (Å²) in [4.78, 5) is 69.3. The summed E-state index contributed by atoms with van der Waals surface area (Å²) in [6, 6.07) is 10.5. The molecular weight excluding hydrogens is 596 g/mol. The molecule has 2 fully saturated rings. The number of carbonyl (C=O) groups is 3. The lowest BCUT2D eigenvalue weighted by Gasteiger charge is -2.30. The quantitative estimate of drug-likeness (QED) is 0.223. The number of thiazole rings is 1. The molecule has 0 spiro atoms. The number of carbonyl (C=O) groups excluding carboxylic acids is 3. The van der Waals surface area contributed by atoms with Gasteiger partial charge in [0.2, 0.25) is 11.8 Å². The Bertz CT molecular complexity index is 1650. The van der Waals surface area contributed by atoms with E-state index in [1.807, 2.05) is 6.92 Å². The van der Waals surface area contributed by atoms with Crippen LogP contribution in [0, 0.1) is 16.0 Å². The molecule has 0 aliphatic carbocycles. The molecule has 3 aliphatic rings. The second kappa shape index (κ2) is 11.8. The van der Waals surface area contributed by atoms with E-state index in [9.17, 15) is 29.3 Å². The fourth-order valence-corrected chi connectivity index (χ4v) is 8.35. The number of thioether (sulfide) groups is 1. The predicted molar refractivity (Wildman–Crippen MR) is 159 cm³/mol. The molecule has 43 heavy (non-hydrogen) atoms. The molecule has 12 nitrogen and oxygen atoms in total. The summed E-state index contributed by atoms with van der Waals surface area (Å²) in [6.45, 7) is 3.44. The first-order chi connectivity index (χ1) is 20.8. The van der Waals surface area contributed by atoms with Gasteiger partial charge < -0.3 is 19.4 Å². The molecule has 0 bridgehead atoms. The third-order valence-corrected chi connectivity index (χ3v) is 10.2. The third-order valence-electron chi connectivity index (χ3n) is 7.83. The summed E-state index contributed by atoms with van der Waals surface area (Å²) in [5, 5.41) is 10.8. The highest BCUT2D eigenvalue weighted by atomic mass is 32.2. The Morgan fingerprint density at radius 3 is 2.47 bits per heavy atom. The highest BCUT2D eigenvalue weighted by molar-refractivity contribution is 8.00. The van der Waals surface area contributed by atoms with Gasteiger partial charge in [-0.25, -0.2) is 4.90 Å². The number of non-ortho nitro benzene ring substituents is 1. The molecule has 1 N–H and O–H groups in total. The van der Waals surface area contributed by atoms with Crippen LogP contribution < -0.4 is 19.2 Å². The maximum Gasteiger partial charge on any atom is 0.305 e.